The summed E-state index contributed by atoms with van der Waals surface area (Å²) in [5.74, 6) is 0. The minimum Gasteiger partial charge on any atom is -0.393 e. The second-order valence-electron chi connectivity index (χ2n) is 6.44. The molecule has 1 heterocycles. The van der Waals surface area contributed by atoms with Crippen LogP contribution in [0.25, 0.3) is 0 Å². The minimum atomic E-state index is -0.102. The number of hydrogen-bond donors (Lipinski definition) is 1. The van der Waals surface area contributed by atoms with Gasteiger partial charge >= 0.3 is 0 Å². The predicted molar refractivity (Wildman–Crippen MR) is 69.0 cm³/mol. The first-order chi connectivity index (χ1) is 8.00. The third kappa shape index (κ3) is 3.01. The zero-order valence-electron chi connectivity index (χ0n) is 11.5. The SMILES string of the molecule is CN(C1CCOCC1)C1CC(O)CCC1(C)C. The van der Waals surface area contributed by atoms with Crippen LogP contribution in [0.3, 0.4) is 0 Å². The maximum atomic E-state index is 9.91. The summed E-state index contributed by atoms with van der Waals surface area (Å²) in [7, 11) is 2.24. The quantitative estimate of drug-likeness (QED) is 0.803. The minimum absolute atomic E-state index is 0.102. The first-order valence-electron chi connectivity index (χ1n) is 6.98. The van der Waals surface area contributed by atoms with Crippen molar-refractivity contribution in [3.8, 4) is 0 Å². The monoisotopic (exact) mass is 241 g/mol. The third-order valence-corrected chi connectivity index (χ3v) is 4.78. The summed E-state index contributed by atoms with van der Waals surface area (Å²) in [5, 5.41) is 9.91. The average Bonchev–Trinajstić information content (AvgIpc) is 2.33. The summed E-state index contributed by atoms with van der Waals surface area (Å²) in [5.41, 5.74) is 0.326. The molecule has 0 bridgehead atoms. The summed E-state index contributed by atoms with van der Waals surface area (Å²) in [6.45, 7) is 6.48. The average molecular weight is 241 g/mol. The Labute approximate surface area is 105 Å². The molecule has 3 heteroatoms. The van der Waals surface area contributed by atoms with Crippen molar-refractivity contribution >= 4 is 0 Å². The summed E-state index contributed by atoms with van der Waals surface area (Å²) in [4.78, 5) is 2.52. The first kappa shape index (κ1) is 13.3. The van der Waals surface area contributed by atoms with Gasteiger partial charge in [0.2, 0.25) is 0 Å². The summed E-state index contributed by atoms with van der Waals surface area (Å²) in [6.07, 6.45) is 5.20. The lowest BCUT2D eigenvalue weighted by Crippen LogP contribution is -2.53. The fraction of sp³-hybridized carbons (Fsp3) is 1.00. The van der Waals surface area contributed by atoms with E-state index in [4.69, 9.17) is 4.74 Å². The molecule has 1 saturated heterocycles. The summed E-state index contributed by atoms with van der Waals surface area (Å²) < 4.78 is 5.43. The summed E-state index contributed by atoms with van der Waals surface area (Å²) >= 11 is 0. The molecule has 100 valence electrons. The van der Waals surface area contributed by atoms with Gasteiger partial charge in [-0.15, -0.1) is 0 Å². The van der Waals surface area contributed by atoms with Gasteiger partial charge in [0.15, 0.2) is 0 Å². The van der Waals surface area contributed by atoms with Gasteiger partial charge in [0.05, 0.1) is 6.10 Å². The molecule has 1 N–H and O–H groups in total. The van der Waals surface area contributed by atoms with Gasteiger partial charge in [-0.25, -0.2) is 0 Å². The number of aliphatic hydroxyl groups excluding tert-OH is 1. The number of aliphatic hydroxyl groups is 1. The molecule has 0 radical (unpaired) electrons. The van der Waals surface area contributed by atoms with Crippen molar-refractivity contribution in [2.75, 3.05) is 20.3 Å². The largest absolute Gasteiger partial charge is 0.393 e. The van der Waals surface area contributed by atoms with Crippen LogP contribution in [-0.4, -0.2) is 48.5 Å². The topological polar surface area (TPSA) is 32.7 Å². The van der Waals surface area contributed by atoms with Gasteiger partial charge in [0.25, 0.3) is 0 Å². The lowest BCUT2D eigenvalue weighted by molar-refractivity contribution is -0.0416. The Morgan fingerprint density at radius 1 is 1.18 bits per heavy atom. The lowest BCUT2D eigenvalue weighted by atomic mass is 9.71. The van der Waals surface area contributed by atoms with Crippen molar-refractivity contribution in [3.63, 3.8) is 0 Å². The predicted octanol–water partition coefficient (Wildman–Crippen LogP) is 2.04. The molecular weight excluding hydrogens is 214 g/mol. The second kappa shape index (κ2) is 5.25. The van der Waals surface area contributed by atoms with Crippen LogP contribution >= 0.6 is 0 Å². The van der Waals surface area contributed by atoms with E-state index in [1.54, 1.807) is 0 Å². The van der Waals surface area contributed by atoms with E-state index in [1.807, 2.05) is 0 Å². The van der Waals surface area contributed by atoms with Gasteiger partial charge in [-0.3, -0.25) is 4.90 Å². The maximum absolute atomic E-state index is 9.91. The molecule has 0 aromatic rings. The summed E-state index contributed by atoms with van der Waals surface area (Å²) in [6, 6.07) is 1.15. The van der Waals surface area contributed by atoms with Gasteiger partial charge < -0.3 is 9.84 Å². The van der Waals surface area contributed by atoms with E-state index >= 15 is 0 Å². The fourth-order valence-electron chi connectivity index (χ4n) is 3.46. The zero-order chi connectivity index (χ0) is 12.5. The highest BCUT2D eigenvalue weighted by atomic mass is 16.5. The molecule has 0 spiro atoms. The Kier molecular flexibility index (Phi) is 4.11. The molecule has 3 nitrogen and oxygen atoms in total. The highest BCUT2D eigenvalue weighted by molar-refractivity contribution is 4.94. The van der Waals surface area contributed by atoms with Crippen LogP contribution in [0.15, 0.2) is 0 Å². The Morgan fingerprint density at radius 3 is 2.47 bits per heavy atom. The van der Waals surface area contributed by atoms with Gasteiger partial charge in [-0.2, -0.15) is 0 Å². The second-order valence-corrected chi connectivity index (χ2v) is 6.44. The molecular formula is C14H27NO2. The van der Waals surface area contributed by atoms with Crippen LogP contribution < -0.4 is 0 Å². The normalized spacial score (nSPS) is 35.1. The van der Waals surface area contributed by atoms with E-state index in [0.29, 0.717) is 17.5 Å². The molecule has 2 rings (SSSR count). The Morgan fingerprint density at radius 2 is 1.82 bits per heavy atom. The molecule has 2 unspecified atom stereocenters. The van der Waals surface area contributed by atoms with E-state index in [1.165, 1.54) is 0 Å². The number of hydrogen-bond acceptors (Lipinski definition) is 3. The lowest BCUT2D eigenvalue weighted by Gasteiger charge is -2.48. The third-order valence-electron chi connectivity index (χ3n) is 4.78. The van der Waals surface area contributed by atoms with E-state index in [-0.39, 0.29) is 6.10 Å². The maximum Gasteiger partial charge on any atom is 0.0555 e. The highest BCUT2D eigenvalue weighted by Gasteiger charge is 2.40. The Bertz CT molecular complexity index is 249. The molecule has 17 heavy (non-hydrogen) atoms. The molecule has 0 aromatic heterocycles. The number of ether oxygens (including phenoxy) is 1. The first-order valence-corrected chi connectivity index (χ1v) is 6.98. The van der Waals surface area contributed by atoms with Crippen LogP contribution in [0.2, 0.25) is 0 Å². The molecule has 0 amide bonds. The molecule has 1 aliphatic carbocycles. The van der Waals surface area contributed by atoms with Crippen LogP contribution in [-0.2, 0) is 4.74 Å². The molecule has 2 fully saturated rings. The van der Waals surface area contributed by atoms with Gasteiger partial charge in [0.1, 0.15) is 0 Å². The van der Waals surface area contributed by atoms with Crippen molar-refractivity contribution < 1.29 is 9.84 Å². The van der Waals surface area contributed by atoms with Crippen molar-refractivity contribution in [1.29, 1.82) is 0 Å². The highest BCUT2D eigenvalue weighted by Crippen LogP contribution is 2.39. The molecule has 1 saturated carbocycles. The Hall–Kier alpha value is -0.120. The van der Waals surface area contributed by atoms with Crippen LogP contribution in [0.4, 0.5) is 0 Å². The van der Waals surface area contributed by atoms with E-state index in [2.05, 4.69) is 25.8 Å². The van der Waals surface area contributed by atoms with Gasteiger partial charge in [-0.05, 0) is 44.6 Å². The van der Waals surface area contributed by atoms with Crippen molar-refractivity contribution in [1.82, 2.24) is 4.90 Å². The molecule has 0 aromatic carbocycles. The smallest absolute Gasteiger partial charge is 0.0555 e. The van der Waals surface area contributed by atoms with Crippen LogP contribution in [0.1, 0.15) is 46.0 Å². The standard InChI is InChI=1S/C14H27NO2/c1-14(2)7-4-12(16)10-13(14)15(3)11-5-8-17-9-6-11/h11-13,16H,4-10H2,1-3H3. The molecule has 2 atom stereocenters. The van der Waals surface area contributed by atoms with Gasteiger partial charge in [0, 0.05) is 25.3 Å². The van der Waals surface area contributed by atoms with Crippen molar-refractivity contribution in [2.24, 2.45) is 5.41 Å². The number of rotatable bonds is 2. The zero-order valence-corrected chi connectivity index (χ0v) is 11.5. The number of nitrogens with zero attached hydrogens (tertiary/aromatic N) is 1. The van der Waals surface area contributed by atoms with E-state index < -0.39 is 0 Å². The Balaban J connectivity index is 2.02. The van der Waals surface area contributed by atoms with E-state index in [9.17, 15) is 5.11 Å². The van der Waals surface area contributed by atoms with Crippen LogP contribution in [0.5, 0.6) is 0 Å². The van der Waals surface area contributed by atoms with Crippen molar-refractivity contribution in [2.45, 2.75) is 64.1 Å². The van der Waals surface area contributed by atoms with Gasteiger partial charge in [-0.1, -0.05) is 13.8 Å². The molecule has 2 aliphatic rings. The van der Waals surface area contributed by atoms with Crippen molar-refractivity contribution in [3.05, 3.63) is 0 Å². The molecule has 1 aliphatic heterocycles. The van der Waals surface area contributed by atoms with Crippen LogP contribution in [0, 0.1) is 5.41 Å². The van der Waals surface area contributed by atoms with E-state index in [0.717, 1.165) is 45.3 Å². The fourth-order valence-corrected chi connectivity index (χ4v) is 3.46.